The molecule has 0 saturated carbocycles. The van der Waals surface area contributed by atoms with Crippen molar-refractivity contribution in [2.45, 2.75) is 26.8 Å². The molecule has 2 heterocycles. The highest BCUT2D eigenvalue weighted by Crippen LogP contribution is 2.38. The highest BCUT2D eigenvalue weighted by atomic mass is 35.5. The van der Waals surface area contributed by atoms with Crippen molar-refractivity contribution in [3.63, 3.8) is 0 Å². The number of halogens is 1. The molecule has 0 atom stereocenters. The Labute approximate surface area is 157 Å². The van der Waals surface area contributed by atoms with Crippen molar-refractivity contribution in [3.05, 3.63) is 34.6 Å². The molecule has 0 aliphatic carbocycles. The monoisotopic (exact) mass is 378 g/mol. The maximum Gasteiger partial charge on any atom is 0.322 e. The summed E-state index contributed by atoms with van der Waals surface area (Å²) in [4.78, 5) is 14.7. The van der Waals surface area contributed by atoms with E-state index in [0.717, 1.165) is 17.7 Å². The summed E-state index contributed by atoms with van der Waals surface area (Å²) in [5.41, 5.74) is 2.60. The number of methoxy groups -OCH3 is 2. The van der Waals surface area contributed by atoms with Crippen LogP contribution in [0.15, 0.2) is 18.3 Å². The molecule has 1 aromatic heterocycles. The number of H-pyrrole nitrogens is 1. The lowest BCUT2D eigenvalue weighted by atomic mass is 9.88. The van der Waals surface area contributed by atoms with E-state index in [4.69, 9.17) is 21.1 Å². The first-order valence-electron chi connectivity index (χ1n) is 8.31. The average Bonchev–Trinajstić information content (AvgIpc) is 2.94. The number of nitrogens with one attached hydrogen (secondary N) is 2. The smallest absolute Gasteiger partial charge is 0.322 e. The number of hydrogen-bond donors (Lipinski definition) is 2. The van der Waals surface area contributed by atoms with Crippen LogP contribution in [0.1, 0.15) is 25.1 Å². The van der Waals surface area contributed by atoms with Crippen LogP contribution in [0.3, 0.4) is 0 Å². The van der Waals surface area contributed by atoms with E-state index in [9.17, 15) is 4.79 Å². The standard InChI is InChI=1S/C18H23ClN4O3/c1-18(2)7-14-11(8-20-22-14)9-23(10-18)17(24)21-12-5-13(19)16(26-4)15(6-12)25-3/h5-6,8H,7,9-10H2,1-4H3,(H,20,22)(H,21,24). The van der Waals surface area contributed by atoms with E-state index in [1.165, 1.54) is 14.2 Å². The predicted molar refractivity (Wildman–Crippen MR) is 100 cm³/mol. The van der Waals surface area contributed by atoms with Gasteiger partial charge in [-0.3, -0.25) is 5.10 Å². The van der Waals surface area contributed by atoms with Gasteiger partial charge in [0.1, 0.15) is 0 Å². The van der Waals surface area contributed by atoms with E-state index in [1.807, 2.05) is 0 Å². The third-order valence-electron chi connectivity index (χ3n) is 4.41. The number of urea groups is 1. The Balaban J connectivity index is 1.83. The molecule has 1 aliphatic rings. The normalized spacial score (nSPS) is 15.8. The van der Waals surface area contributed by atoms with E-state index in [1.54, 1.807) is 23.2 Å². The second-order valence-corrected chi connectivity index (χ2v) is 7.60. The van der Waals surface area contributed by atoms with Gasteiger partial charge in [-0.15, -0.1) is 0 Å². The van der Waals surface area contributed by atoms with Crippen LogP contribution in [0.5, 0.6) is 11.5 Å². The minimum atomic E-state index is -0.199. The first-order chi connectivity index (χ1) is 12.3. The lowest BCUT2D eigenvalue weighted by Crippen LogP contribution is -2.40. The maximum atomic E-state index is 12.9. The van der Waals surface area contributed by atoms with E-state index in [-0.39, 0.29) is 11.4 Å². The van der Waals surface area contributed by atoms with E-state index < -0.39 is 0 Å². The number of aromatic nitrogens is 2. The minimum absolute atomic E-state index is 0.0651. The number of carbonyl (C=O) groups excluding carboxylic acids is 1. The molecular weight excluding hydrogens is 356 g/mol. The summed E-state index contributed by atoms with van der Waals surface area (Å²) in [6, 6.07) is 3.14. The van der Waals surface area contributed by atoms with Gasteiger partial charge in [0.25, 0.3) is 0 Å². The van der Waals surface area contributed by atoms with E-state index in [0.29, 0.717) is 35.3 Å². The van der Waals surface area contributed by atoms with Crippen LogP contribution in [-0.4, -0.2) is 41.9 Å². The van der Waals surface area contributed by atoms with Gasteiger partial charge in [-0.2, -0.15) is 5.10 Å². The van der Waals surface area contributed by atoms with Gasteiger partial charge in [-0.25, -0.2) is 4.79 Å². The lowest BCUT2D eigenvalue weighted by Gasteiger charge is -2.29. The fourth-order valence-corrected chi connectivity index (χ4v) is 3.56. The van der Waals surface area contributed by atoms with Gasteiger partial charge in [-0.1, -0.05) is 25.4 Å². The zero-order valence-corrected chi connectivity index (χ0v) is 16.1. The van der Waals surface area contributed by atoms with Crippen LogP contribution >= 0.6 is 11.6 Å². The summed E-state index contributed by atoms with van der Waals surface area (Å²) < 4.78 is 10.5. The van der Waals surface area contributed by atoms with Crippen molar-refractivity contribution >= 4 is 23.3 Å². The maximum absolute atomic E-state index is 12.9. The molecule has 0 fully saturated rings. The summed E-state index contributed by atoms with van der Waals surface area (Å²) in [7, 11) is 3.04. The van der Waals surface area contributed by atoms with Crippen molar-refractivity contribution in [1.29, 1.82) is 0 Å². The number of nitrogens with zero attached hydrogens (tertiary/aromatic N) is 2. The second kappa shape index (κ2) is 7.07. The number of anilines is 1. The van der Waals surface area contributed by atoms with Crippen molar-refractivity contribution in [3.8, 4) is 11.5 Å². The van der Waals surface area contributed by atoms with Crippen molar-refractivity contribution < 1.29 is 14.3 Å². The van der Waals surface area contributed by atoms with Gasteiger partial charge in [0.2, 0.25) is 0 Å². The number of aromatic amines is 1. The molecular formula is C18H23ClN4O3. The predicted octanol–water partition coefficient (Wildman–Crippen LogP) is 3.70. The average molecular weight is 379 g/mol. The molecule has 1 aromatic carbocycles. The number of benzene rings is 1. The molecule has 0 bridgehead atoms. The summed E-state index contributed by atoms with van der Waals surface area (Å²) in [6.07, 6.45) is 2.62. The molecule has 0 spiro atoms. The highest BCUT2D eigenvalue weighted by molar-refractivity contribution is 6.32. The van der Waals surface area contributed by atoms with Gasteiger partial charge in [-0.05, 0) is 17.9 Å². The van der Waals surface area contributed by atoms with Crippen molar-refractivity contribution in [2.75, 3.05) is 26.1 Å². The Hall–Kier alpha value is -2.41. The van der Waals surface area contributed by atoms with Crippen LogP contribution in [0.25, 0.3) is 0 Å². The number of carbonyl (C=O) groups is 1. The topological polar surface area (TPSA) is 79.5 Å². The van der Waals surface area contributed by atoms with Gasteiger partial charge in [0, 0.05) is 29.6 Å². The molecule has 26 heavy (non-hydrogen) atoms. The molecule has 2 amide bonds. The van der Waals surface area contributed by atoms with Crippen LogP contribution < -0.4 is 14.8 Å². The first kappa shape index (κ1) is 18.4. The quantitative estimate of drug-likeness (QED) is 0.853. The molecule has 0 saturated heterocycles. The molecule has 7 nitrogen and oxygen atoms in total. The second-order valence-electron chi connectivity index (χ2n) is 7.19. The molecule has 3 rings (SSSR count). The zero-order valence-electron chi connectivity index (χ0n) is 15.4. The summed E-state index contributed by atoms with van der Waals surface area (Å²) in [6.45, 7) is 5.40. The largest absolute Gasteiger partial charge is 0.493 e. The molecule has 1 aliphatic heterocycles. The van der Waals surface area contributed by atoms with Gasteiger partial charge in [0.05, 0.1) is 32.0 Å². The third-order valence-corrected chi connectivity index (χ3v) is 4.70. The summed E-state index contributed by atoms with van der Waals surface area (Å²) >= 11 is 6.22. The van der Waals surface area contributed by atoms with Gasteiger partial charge < -0.3 is 19.7 Å². The number of ether oxygens (including phenoxy) is 2. The number of hydrogen-bond acceptors (Lipinski definition) is 4. The fourth-order valence-electron chi connectivity index (χ4n) is 3.28. The molecule has 140 valence electrons. The number of amides is 2. The van der Waals surface area contributed by atoms with Crippen molar-refractivity contribution in [2.24, 2.45) is 5.41 Å². The summed E-state index contributed by atoms with van der Waals surface area (Å²) in [5, 5.41) is 10.4. The Morgan fingerprint density at radius 2 is 2.12 bits per heavy atom. The zero-order chi connectivity index (χ0) is 18.9. The number of fused-ring (bicyclic) bond motifs is 1. The Bertz CT molecular complexity index is 819. The van der Waals surface area contributed by atoms with Crippen LogP contribution in [0.2, 0.25) is 5.02 Å². The highest BCUT2D eigenvalue weighted by Gasteiger charge is 2.31. The molecule has 0 unspecified atom stereocenters. The van der Waals surface area contributed by atoms with Gasteiger partial charge in [0.15, 0.2) is 11.5 Å². The molecule has 2 N–H and O–H groups in total. The number of rotatable bonds is 3. The molecule has 8 heteroatoms. The minimum Gasteiger partial charge on any atom is -0.493 e. The summed E-state index contributed by atoms with van der Waals surface area (Å²) in [5.74, 6) is 0.898. The Morgan fingerprint density at radius 1 is 1.35 bits per heavy atom. The molecule has 0 radical (unpaired) electrons. The SMILES string of the molecule is COc1cc(NC(=O)N2Cc3cn[nH]c3CC(C)(C)C2)cc(Cl)c1OC. The lowest BCUT2D eigenvalue weighted by molar-refractivity contribution is 0.180. The van der Waals surface area contributed by atoms with Gasteiger partial charge >= 0.3 is 6.03 Å². The van der Waals surface area contributed by atoms with E-state index in [2.05, 4.69) is 29.4 Å². The van der Waals surface area contributed by atoms with Crippen LogP contribution in [0, 0.1) is 5.41 Å². The first-order valence-corrected chi connectivity index (χ1v) is 8.69. The van der Waals surface area contributed by atoms with Crippen molar-refractivity contribution in [1.82, 2.24) is 15.1 Å². The van der Waals surface area contributed by atoms with Crippen LogP contribution in [0.4, 0.5) is 10.5 Å². The fraction of sp³-hybridized carbons (Fsp3) is 0.444. The molecule has 2 aromatic rings. The Morgan fingerprint density at radius 3 is 2.81 bits per heavy atom. The third kappa shape index (κ3) is 3.72. The Kier molecular flexibility index (Phi) is 5.00. The van der Waals surface area contributed by atoms with E-state index >= 15 is 0 Å². The van der Waals surface area contributed by atoms with Crippen LogP contribution in [-0.2, 0) is 13.0 Å².